The van der Waals surface area contributed by atoms with Crippen LogP contribution >= 0.6 is 0 Å². The second-order valence-electron chi connectivity index (χ2n) is 4.62. The number of nitrogens with zero attached hydrogens (tertiary/aromatic N) is 2. The molecule has 0 spiro atoms. The Balaban J connectivity index is 2.13. The molecule has 0 bridgehead atoms. The van der Waals surface area contributed by atoms with Crippen LogP contribution in [0.2, 0.25) is 0 Å². The number of halogens is 1. The second-order valence-corrected chi connectivity index (χ2v) is 4.62. The molecule has 0 aliphatic carbocycles. The van der Waals surface area contributed by atoms with Crippen LogP contribution in [-0.4, -0.2) is 35.3 Å². The van der Waals surface area contributed by atoms with Crippen molar-refractivity contribution in [2.45, 2.75) is 0 Å². The van der Waals surface area contributed by atoms with E-state index in [4.69, 9.17) is 5.21 Å². The van der Waals surface area contributed by atoms with Gasteiger partial charge in [-0.1, -0.05) is 18.2 Å². The molecule has 0 radical (unpaired) electrons. The highest BCUT2D eigenvalue weighted by molar-refractivity contribution is 5.95. The van der Waals surface area contributed by atoms with Crippen molar-refractivity contribution in [3.63, 3.8) is 0 Å². The summed E-state index contributed by atoms with van der Waals surface area (Å²) in [5.41, 5.74) is 1.95. The molecule has 0 heterocycles. The molecule has 6 nitrogen and oxygen atoms in total. The topological polar surface area (TPSA) is 82.0 Å². The van der Waals surface area contributed by atoms with E-state index < -0.39 is 11.7 Å². The molecule has 2 aromatic rings. The van der Waals surface area contributed by atoms with Crippen molar-refractivity contribution in [3.8, 4) is 0 Å². The van der Waals surface area contributed by atoms with Crippen LogP contribution in [0.3, 0.4) is 0 Å². The van der Waals surface area contributed by atoms with Gasteiger partial charge in [-0.05, 0) is 30.3 Å². The fraction of sp³-hybridized carbons (Fsp3) is 0.0625. The van der Waals surface area contributed by atoms with Crippen molar-refractivity contribution < 1.29 is 19.2 Å². The third-order valence-electron chi connectivity index (χ3n) is 3.05. The molecule has 0 saturated carbocycles. The Bertz CT molecular complexity index is 747. The number of hydrazone groups is 1. The fourth-order valence-corrected chi connectivity index (χ4v) is 1.81. The summed E-state index contributed by atoms with van der Waals surface area (Å²) in [5, 5.41) is 13.5. The number of hydrogen-bond acceptors (Lipinski definition) is 4. The molecule has 0 unspecified atom stereocenters. The first kappa shape index (κ1) is 16.3. The highest BCUT2D eigenvalue weighted by Crippen LogP contribution is 2.09. The van der Waals surface area contributed by atoms with Gasteiger partial charge in [-0.3, -0.25) is 14.8 Å². The zero-order valence-electron chi connectivity index (χ0n) is 12.2. The van der Waals surface area contributed by atoms with Gasteiger partial charge in [0.05, 0.1) is 6.21 Å². The number of hydrogen-bond donors (Lipinski definition) is 2. The van der Waals surface area contributed by atoms with Crippen molar-refractivity contribution in [2.75, 3.05) is 7.05 Å². The fourth-order valence-electron chi connectivity index (χ4n) is 1.81. The summed E-state index contributed by atoms with van der Waals surface area (Å²) in [7, 11) is 1.46. The third-order valence-corrected chi connectivity index (χ3v) is 3.05. The lowest BCUT2D eigenvalue weighted by Gasteiger charge is -2.10. The Labute approximate surface area is 131 Å². The van der Waals surface area contributed by atoms with Crippen LogP contribution in [0.1, 0.15) is 26.3 Å². The van der Waals surface area contributed by atoms with E-state index >= 15 is 0 Å². The largest absolute Gasteiger partial charge is 0.288 e. The van der Waals surface area contributed by atoms with Crippen LogP contribution in [0, 0.1) is 5.82 Å². The Morgan fingerprint density at radius 1 is 1.17 bits per heavy atom. The first-order valence-corrected chi connectivity index (χ1v) is 6.64. The predicted octanol–water partition coefficient (Wildman–Crippen LogP) is 2.05. The maximum atomic E-state index is 13.9. The first-order valence-electron chi connectivity index (χ1n) is 6.64. The summed E-state index contributed by atoms with van der Waals surface area (Å²) in [6.45, 7) is 0. The molecule has 2 amide bonds. The van der Waals surface area contributed by atoms with Crippen LogP contribution in [-0.2, 0) is 0 Å². The highest BCUT2D eigenvalue weighted by atomic mass is 19.1. The SMILES string of the molecule is CN(N=Cc1ccc(C(=O)NO)cc1F)C(=O)c1ccccc1. The van der Waals surface area contributed by atoms with Crippen LogP contribution in [0.15, 0.2) is 53.6 Å². The Morgan fingerprint density at radius 2 is 1.87 bits per heavy atom. The second kappa shape index (κ2) is 7.28. The molecule has 0 aliphatic rings. The van der Waals surface area contributed by atoms with Gasteiger partial charge in [0.2, 0.25) is 0 Å². The Kier molecular flexibility index (Phi) is 5.16. The van der Waals surface area contributed by atoms with E-state index in [0.717, 1.165) is 11.1 Å². The smallest absolute Gasteiger partial charge is 0.274 e. The third kappa shape index (κ3) is 3.98. The number of rotatable bonds is 4. The number of hydroxylamine groups is 1. The summed E-state index contributed by atoms with van der Waals surface area (Å²) < 4.78 is 13.9. The van der Waals surface area contributed by atoms with Gasteiger partial charge in [-0.25, -0.2) is 14.9 Å². The summed E-state index contributed by atoms with van der Waals surface area (Å²) in [4.78, 5) is 23.2. The quantitative estimate of drug-likeness (QED) is 0.515. The Hall–Kier alpha value is -3.06. The summed E-state index contributed by atoms with van der Waals surface area (Å²) in [6, 6.07) is 12.2. The van der Waals surface area contributed by atoms with Gasteiger partial charge in [-0.15, -0.1) is 0 Å². The van der Waals surface area contributed by atoms with E-state index in [1.807, 2.05) is 0 Å². The zero-order valence-corrected chi connectivity index (χ0v) is 12.2. The average Bonchev–Trinajstić information content (AvgIpc) is 2.59. The van der Waals surface area contributed by atoms with Gasteiger partial charge >= 0.3 is 0 Å². The van der Waals surface area contributed by atoms with Crippen LogP contribution in [0.4, 0.5) is 4.39 Å². The average molecular weight is 315 g/mol. The lowest BCUT2D eigenvalue weighted by Crippen LogP contribution is -2.21. The monoisotopic (exact) mass is 315 g/mol. The Morgan fingerprint density at radius 3 is 2.48 bits per heavy atom. The maximum Gasteiger partial charge on any atom is 0.274 e. The summed E-state index contributed by atoms with van der Waals surface area (Å²) in [6.07, 6.45) is 1.18. The zero-order chi connectivity index (χ0) is 16.8. The van der Waals surface area contributed by atoms with Gasteiger partial charge in [-0.2, -0.15) is 5.10 Å². The summed E-state index contributed by atoms with van der Waals surface area (Å²) >= 11 is 0. The van der Waals surface area contributed by atoms with Crippen LogP contribution in [0.5, 0.6) is 0 Å². The molecule has 0 aromatic heterocycles. The molecule has 2 rings (SSSR count). The molecule has 0 atom stereocenters. The molecule has 2 N–H and O–H groups in total. The van der Waals surface area contributed by atoms with Crippen molar-refractivity contribution in [2.24, 2.45) is 5.10 Å². The van der Waals surface area contributed by atoms with Crippen molar-refractivity contribution in [1.82, 2.24) is 10.5 Å². The molecular formula is C16H14FN3O3. The van der Waals surface area contributed by atoms with Gasteiger partial charge in [0.1, 0.15) is 5.82 Å². The van der Waals surface area contributed by atoms with Gasteiger partial charge in [0.15, 0.2) is 0 Å². The minimum Gasteiger partial charge on any atom is -0.288 e. The molecule has 2 aromatic carbocycles. The number of nitrogens with one attached hydrogen (secondary N) is 1. The van der Waals surface area contributed by atoms with Crippen LogP contribution in [0.25, 0.3) is 0 Å². The maximum absolute atomic E-state index is 13.9. The molecular weight excluding hydrogens is 301 g/mol. The number of carbonyl (C=O) groups excluding carboxylic acids is 2. The van der Waals surface area contributed by atoms with Gasteiger partial charge in [0, 0.05) is 23.7 Å². The van der Waals surface area contributed by atoms with E-state index in [2.05, 4.69) is 5.10 Å². The van der Waals surface area contributed by atoms with Crippen molar-refractivity contribution in [3.05, 3.63) is 71.0 Å². The number of benzene rings is 2. The normalized spacial score (nSPS) is 10.6. The molecule has 23 heavy (non-hydrogen) atoms. The van der Waals surface area contributed by atoms with Gasteiger partial charge in [0.25, 0.3) is 11.8 Å². The highest BCUT2D eigenvalue weighted by Gasteiger charge is 2.11. The first-order chi connectivity index (χ1) is 11.0. The van der Waals surface area contributed by atoms with E-state index in [1.54, 1.807) is 30.3 Å². The lowest BCUT2D eigenvalue weighted by molar-refractivity contribution is 0.0705. The van der Waals surface area contributed by atoms with Gasteiger partial charge < -0.3 is 0 Å². The van der Waals surface area contributed by atoms with Crippen molar-refractivity contribution in [1.29, 1.82) is 0 Å². The van der Waals surface area contributed by atoms with E-state index in [9.17, 15) is 14.0 Å². The lowest BCUT2D eigenvalue weighted by atomic mass is 10.1. The van der Waals surface area contributed by atoms with E-state index in [0.29, 0.717) is 5.56 Å². The molecule has 118 valence electrons. The predicted molar refractivity (Wildman–Crippen MR) is 81.8 cm³/mol. The molecule has 7 heteroatoms. The van der Waals surface area contributed by atoms with Crippen LogP contribution < -0.4 is 5.48 Å². The van der Waals surface area contributed by atoms with E-state index in [-0.39, 0.29) is 17.0 Å². The van der Waals surface area contributed by atoms with E-state index in [1.165, 1.54) is 30.9 Å². The number of amides is 2. The minimum atomic E-state index is -0.816. The van der Waals surface area contributed by atoms with Crippen molar-refractivity contribution >= 4 is 18.0 Å². The minimum absolute atomic E-state index is 0.0316. The number of carbonyl (C=O) groups is 2. The summed E-state index contributed by atoms with van der Waals surface area (Å²) in [5.74, 6) is -1.85. The molecule has 0 saturated heterocycles. The molecule has 0 aliphatic heterocycles. The molecule has 0 fully saturated rings. The standard InChI is InChI=1S/C16H14FN3O3/c1-20(16(22)11-5-3-2-4-6-11)18-10-13-8-7-12(9-14(13)17)15(21)19-23/h2-10,23H,1H3,(H,19,21).